The lowest BCUT2D eigenvalue weighted by Crippen LogP contribution is -2.30. The fourth-order valence-corrected chi connectivity index (χ4v) is 2.94. The highest BCUT2D eigenvalue weighted by Gasteiger charge is 2.29. The molecule has 1 fully saturated rings. The molecule has 1 unspecified atom stereocenters. The first-order valence-corrected chi connectivity index (χ1v) is 7.01. The van der Waals surface area contributed by atoms with Crippen LogP contribution in [0.3, 0.4) is 0 Å². The zero-order chi connectivity index (χ0) is 13.0. The van der Waals surface area contributed by atoms with E-state index >= 15 is 0 Å². The van der Waals surface area contributed by atoms with Gasteiger partial charge in [-0.25, -0.2) is 0 Å². The summed E-state index contributed by atoms with van der Waals surface area (Å²) in [6.45, 7) is 1.37. The Morgan fingerprint density at radius 2 is 2.17 bits per heavy atom. The highest BCUT2D eigenvalue weighted by molar-refractivity contribution is 9.10. The molecule has 1 heterocycles. The largest absolute Gasteiger partial charge is 0.481 e. The Kier molecular flexibility index (Phi) is 4.78. The standard InChI is InChI=1S/C14H17BrO3/c15-12-3-1-2-10(8-12)9-13(14(16)17)11-4-6-18-7-5-11/h1-3,8,11,13H,4-7,9H2,(H,16,17). The van der Waals surface area contributed by atoms with Gasteiger partial charge in [-0.2, -0.15) is 0 Å². The molecular weight excluding hydrogens is 296 g/mol. The van der Waals surface area contributed by atoms with E-state index in [2.05, 4.69) is 15.9 Å². The van der Waals surface area contributed by atoms with Crippen LogP contribution in [0.15, 0.2) is 28.7 Å². The summed E-state index contributed by atoms with van der Waals surface area (Å²) in [4.78, 5) is 11.4. The van der Waals surface area contributed by atoms with E-state index in [4.69, 9.17) is 4.74 Å². The van der Waals surface area contributed by atoms with Crippen LogP contribution < -0.4 is 0 Å². The molecule has 0 radical (unpaired) electrons. The zero-order valence-electron chi connectivity index (χ0n) is 10.1. The smallest absolute Gasteiger partial charge is 0.307 e. The predicted molar refractivity (Wildman–Crippen MR) is 72.5 cm³/mol. The molecule has 1 aliphatic rings. The second kappa shape index (κ2) is 6.34. The molecule has 18 heavy (non-hydrogen) atoms. The Morgan fingerprint density at radius 3 is 2.78 bits per heavy atom. The molecule has 3 nitrogen and oxygen atoms in total. The third-order valence-corrected chi connectivity index (χ3v) is 3.99. The summed E-state index contributed by atoms with van der Waals surface area (Å²) in [7, 11) is 0. The molecule has 0 spiro atoms. The summed E-state index contributed by atoms with van der Waals surface area (Å²) in [5.74, 6) is -0.764. The molecule has 0 aromatic heterocycles. The van der Waals surface area contributed by atoms with Gasteiger partial charge in [0, 0.05) is 17.7 Å². The van der Waals surface area contributed by atoms with E-state index in [-0.39, 0.29) is 11.8 Å². The van der Waals surface area contributed by atoms with Crippen molar-refractivity contribution in [3.8, 4) is 0 Å². The minimum Gasteiger partial charge on any atom is -0.481 e. The Hall–Kier alpha value is -0.870. The molecule has 1 N–H and O–H groups in total. The number of rotatable bonds is 4. The number of carbonyl (C=O) groups is 1. The van der Waals surface area contributed by atoms with E-state index < -0.39 is 5.97 Å². The van der Waals surface area contributed by atoms with Crippen LogP contribution in [0.25, 0.3) is 0 Å². The third-order valence-electron chi connectivity index (χ3n) is 3.50. The monoisotopic (exact) mass is 312 g/mol. The summed E-state index contributed by atoms with van der Waals surface area (Å²) in [5, 5.41) is 9.40. The molecule has 0 aliphatic carbocycles. The molecule has 1 aromatic carbocycles. The van der Waals surface area contributed by atoms with Crippen LogP contribution in [0.2, 0.25) is 0 Å². The van der Waals surface area contributed by atoms with Gasteiger partial charge in [0.25, 0.3) is 0 Å². The normalized spacial score (nSPS) is 18.5. The van der Waals surface area contributed by atoms with Crippen molar-refractivity contribution in [2.24, 2.45) is 11.8 Å². The second-order valence-electron chi connectivity index (χ2n) is 4.73. The SMILES string of the molecule is O=C(O)C(Cc1cccc(Br)c1)C1CCOCC1. The van der Waals surface area contributed by atoms with E-state index in [0.717, 1.165) is 22.9 Å². The molecule has 0 amide bonds. The average Bonchev–Trinajstić information content (AvgIpc) is 2.37. The Balaban J connectivity index is 2.08. The second-order valence-corrected chi connectivity index (χ2v) is 5.64. The van der Waals surface area contributed by atoms with Gasteiger partial charge in [-0.3, -0.25) is 4.79 Å². The number of benzene rings is 1. The van der Waals surface area contributed by atoms with Gasteiger partial charge >= 0.3 is 5.97 Å². The summed E-state index contributed by atoms with van der Waals surface area (Å²) < 4.78 is 6.29. The van der Waals surface area contributed by atoms with Gasteiger partial charge in [-0.15, -0.1) is 0 Å². The summed E-state index contributed by atoms with van der Waals surface area (Å²) in [6, 6.07) is 7.88. The first-order valence-electron chi connectivity index (χ1n) is 6.22. The highest BCUT2D eigenvalue weighted by Crippen LogP contribution is 2.27. The van der Waals surface area contributed by atoms with Gasteiger partial charge < -0.3 is 9.84 Å². The number of carboxylic acids is 1. The zero-order valence-corrected chi connectivity index (χ0v) is 11.7. The van der Waals surface area contributed by atoms with Gasteiger partial charge in [0.2, 0.25) is 0 Å². The number of hydrogen-bond donors (Lipinski definition) is 1. The first-order chi connectivity index (χ1) is 8.66. The van der Waals surface area contributed by atoms with Crippen molar-refractivity contribution in [3.05, 3.63) is 34.3 Å². The fraction of sp³-hybridized carbons (Fsp3) is 0.500. The van der Waals surface area contributed by atoms with Crippen LogP contribution >= 0.6 is 15.9 Å². The molecule has 1 aromatic rings. The summed E-state index contributed by atoms with van der Waals surface area (Å²) in [5.41, 5.74) is 1.07. The van der Waals surface area contributed by atoms with Crippen molar-refractivity contribution >= 4 is 21.9 Å². The minimum atomic E-state index is -0.693. The molecule has 98 valence electrons. The molecule has 0 bridgehead atoms. The van der Waals surface area contributed by atoms with Crippen LogP contribution in [0.1, 0.15) is 18.4 Å². The van der Waals surface area contributed by atoms with Gasteiger partial charge in [0.1, 0.15) is 0 Å². The lowest BCUT2D eigenvalue weighted by Gasteiger charge is -2.27. The third kappa shape index (κ3) is 3.56. The quantitative estimate of drug-likeness (QED) is 0.929. The summed E-state index contributed by atoms with van der Waals surface area (Å²) >= 11 is 3.42. The number of hydrogen-bond acceptors (Lipinski definition) is 2. The topological polar surface area (TPSA) is 46.5 Å². The maximum absolute atomic E-state index is 11.4. The maximum atomic E-state index is 11.4. The van der Waals surface area contributed by atoms with Crippen molar-refractivity contribution in [1.82, 2.24) is 0 Å². The van der Waals surface area contributed by atoms with Crippen molar-refractivity contribution in [1.29, 1.82) is 0 Å². The van der Waals surface area contributed by atoms with Crippen molar-refractivity contribution in [2.75, 3.05) is 13.2 Å². The average molecular weight is 313 g/mol. The number of aliphatic carboxylic acids is 1. The van der Waals surface area contributed by atoms with Crippen molar-refractivity contribution in [2.45, 2.75) is 19.3 Å². The molecule has 1 saturated heterocycles. The van der Waals surface area contributed by atoms with E-state index in [0.29, 0.717) is 19.6 Å². The van der Waals surface area contributed by atoms with Crippen LogP contribution in [0.5, 0.6) is 0 Å². The van der Waals surface area contributed by atoms with E-state index in [1.807, 2.05) is 24.3 Å². The lowest BCUT2D eigenvalue weighted by molar-refractivity contribution is -0.145. The molecule has 1 atom stereocenters. The van der Waals surface area contributed by atoms with Crippen molar-refractivity contribution < 1.29 is 14.6 Å². The molecule has 1 aliphatic heterocycles. The molecular formula is C14H17BrO3. The van der Waals surface area contributed by atoms with Crippen molar-refractivity contribution in [3.63, 3.8) is 0 Å². The predicted octanol–water partition coefficient (Wildman–Crippen LogP) is 3.12. The molecule has 2 rings (SSSR count). The van der Waals surface area contributed by atoms with Crippen LogP contribution in [-0.2, 0) is 16.0 Å². The first kappa shape index (κ1) is 13.6. The highest BCUT2D eigenvalue weighted by atomic mass is 79.9. The lowest BCUT2D eigenvalue weighted by atomic mass is 9.82. The van der Waals surface area contributed by atoms with E-state index in [1.165, 1.54) is 0 Å². The van der Waals surface area contributed by atoms with E-state index in [9.17, 15) is 9.90 Å². The van der Waals surface area contributed by atoms with Gasteiger partial charge in [-0.1, -0.05) is 28.1 Å². The number of halogens is 1. The maximum Gasteiger partial charge on any atom is 0.307 e. The van der Waals surface area contributed by atoms with E-state index in [1.54, 1.807) is 0 Å². The Labute approximate surface area is 115 Å². The van der Waals surface area contributed by atoms with Gasteiger partial charge in [-0.05, 0) is 42.9 Å². The fourth-order valence-electron chi connectivity index (χ4n) is 2.49. The number of ether oxygens (including phenoxy) is 1. The van der Waals surface area contributed by atoms with Gasteiger partial charge in [0.15, 0.2) is 0 Å². The Morgan fingerprint density at radius 1 is 1.44 bits per heavy atom. The number of carboxylic acid groups (broad SMARTS) is 1. The molecule has 0 saturated carbocycles. The van der Waals surface area contributed by atoms with Crippen LogP contribution in [0, 0.1) is 11.8 Å². The van der Waals surface area contributed by atoms with Gasteiger partial charge in [0.05, 0.1) is 5.92 Å². The minimum absolute atomic E-state index is 0.232. The summed E-state index contributed by atoms with van der Waals surface area (Å²) in [6.07, 6.45) is 2.30. The van der Waals surface area contributed by atoms with Crippen LogP contribution in [0.4, 0.5) is 0 Å². The molecule has 4 heteroatoms. The Bertz CT molecular complexity index is 413. The van der Waals surface area contributed by atoms with Crippen LogP contribution in [-0.4, -0.2) is 24.3 Å².